The van der Waals surface area contributed by atoms with Gasteiger partial charge in [-0.1, -0.05) is 11.2 Å². The van der Waals surface area contributed by atoms with E-state index in [1.165, 1.54) is 12.1 Å². The van der Waals surface area contributed by atoms with Crippen molar-refractivity contribution in [2.45, 2.75) is 13.8 Å². The van der Waals surface area contributed by atoms with Crippen molar-refractivity contribution in [3.63, 3.8) is 0 Å². The van der Waals surface area contributed by atoms with Gasteiger partial charge in [-0.2, -0.15) is 4.98 Å². The second-order valence-electron chi connectivity index (χ2n) is 4.84. The Kier molecular flexibility index (Phi) is 3.13. The normalized spacial score (nSPS) is 10.8. The summed E-state index contributed by atoms with van der Waals surface area (Å²) in [5.41, 5.74) is 8.82. The molecule has 0 aliphatic carbocycles. The number of hydrogen-bond donors (Lipinski definition) is 1. The quantitative estimate of drug-likeness (QED) is 0.731. The van der Waals surface area contributed by atoms with Crippen molar-refractivity contribution in [3.8, 4) is 23.0 Å². The molecule has 0 radical (unpaired) electrons. The van der Waals surface area contributed by atoms with Gasteiger partial charge < -0.3 is 10.3 Å². The van der Waals surface area contributed by atoms with E-state index in [1.807, 2.05) is 19.9 Å². The molecule has 0 atom stereocenters. The number of nitrogens with zero attached hydrogens (tertiary/aromatic N) is 3. The monoisotopic (exact) mass is 284 g/mol. The van der Waals surface area contributed by atoms with Crippen molar-refractivity contribution in [1.82, 2.24) is 15.1 Å². The Morgan fingerprint density at radius 1 is 1.19 bits per heavy atom. The van der Waals surface area contributed by atoms with Gasteiger partial charge in [-0.3, -0.25) is 4.98 Å². The number of anilines is 1. The highest BCUT2D eigenvalue weighted by Crippen LogP contribution is 2.25. The van der Waals surface area contributed by atoms with E-state index in [0.29, 0.717) is 17.1 Å². The second kappa shape index (κ2) is 4.97. The Morgan fingerprint density at radius 2 is 2.00 bits per heavy atom. The Hall–Kier alpha value is -2.76. The Labute approximate surface area is 120 Å². The van der Waals surface area contributed by atoms with Crippen molar-refractivity contribution >= 4 is 5.69 Å². The van der Waals surface area contributed by atoms with Crippen molar-refractivity contribution in [1.29, 1.82) is 0 Å². The summed E-state index contributed by atoms with van der Waals surface area (Å²) < 4.78 is 18.4. The summed E-state index contributed by atoms with van der Waals surface area (Å²) in [5, 5.41) is 3.92. The molecule has 5 nitrogen and oxygen atoms in total. The van der Waals surface area contributed by atoms with E-state index in [1.54, 1.807) is 12.3 Å². The molecule has 2 heterocycles. The van der Waals surface area contributed by atoms with Gasteiger partial charge in [0.2, 0.25) is 5.82 Å². The summed E-state index contributed by atoms with van der Waals surface area (Å²) in [4.78, 5) is 8.61. The molecule has 2 N–H and O–H groups in total. The van der Waals surface area contributed by atoms with Crippen LogP contribution >= 0.6 is 0 Å². The largest absolute Gasteiger partial charge is 0.396 e. The Bertz CT molecular complexity index is 813. The van der Waals surface area contributed by atoms with Crippen LogP contribution in [0.3, 0.4) is 0 Å². The number of benzene rings is 1. The van der Waals surface area contributed by atoms with Gasteiger partial charge in [0.15, 0.2) is 0 Å². The number of rotatable bonds is 2. The van der Waals surface area contributed by atoms with Crippen LogP contribution in [-0.2, 0) is 0 Å². The molecule has 0 saturated carbocycles. The van der Waals surface area contributed by atoms with Crippen LogP contribution < -0.4 is 5.73 Å². The van der Waals surface area contributed by atoms with Crippen molar-refractivity contribution < 1.29 is 8.91 Å². The summed E-state index contributed by atoms with van der Waals surface area (Å²) in [6, 6.07) is 6.26. The van der Waals surface area contributed by atoms with Gasteiger partial charge in [0.05, 0.1) is 5.69 Å². The first kappa shape index (κ1) is 13.2. The molecular weight excluding hydrogens is 271 g/mol. The third-order valence-electron chi connectivity index (χ3n) is 3.10. The third-order valence-corrected chi connectivity index (χ3v) is 3.10. The van der Waals surface area contributed by atoms with Crippen LogP contribution in [0.15, 0.2) is 35.0 Å². The summed E-state index contributed by atoms with van der Waals surface area (Å²) >= 11 is 0. The topological polar surface area (TPSA) is 77.8 Å². The number of pyridine rings is 1. The zero-order chi connectivity index (χ0) is 15.0. The average molecular weight is 284 g/mol. The van der Waals surface area contributed by atoms with Crippen molar-refractivity contribution in [2.75, 3.05) is 5.73 Å². The van der Waals surface area contributed by atoms with E-state index < -0.39 is 5.82 Å². The first-order valence-corrected chi connectivity index (χ1v) is 6.37. The highest BCUT2D eigenvalue weighted by molar-refractivity contribution is 5.63. The van der Waals surface area contributed by atoms with E-state index in [0.717, 1.165) is 11.1 Å². The highest BCUT2D eigenvalue weighted by Gasteiger charge is 2.14. The van der Waals surface area contributed by atoms with Gasteiger partial charge in [0.25, 0.3) is 5.89 Å². The van der Waals surface area contributed by atoms with E-state index in [4.69, 9.17) is 10.3 Å². The number of hydrogen-bond acceptors (Lipinski definition) is 5. The lowest BCUT2D eigenvalue weighted by Crippen LogP contribution is -1.92. The molecule has 0 amide bonds. The third kappa shape index (κ3) is 2.47. The first-order valence-electron chi connectivity index (χ1n) is 6.37. The number of nitrogen functional groups attached to an aromatic ring is 1. The molecule has 106 valence electrons. The molecule has 0 bridgehead atoms. The minimum Gasteiger partial charge on any atom is -0.396 e. The summed E-state index contributed by atoms with van der Waals surface area (Å²) in [6.07, 6.45) is 1.74. The Balaban J connectivity index is 2.01. The molecule has 2 aromatic heterocycles. The molecule has 21 heavy (non-hydrogen) atoms. The van der Waals surface area contributed by atoms with Crippen molar-refractivity contribution in [3.05, 3.63) is 47.4 Å². The molecule has 0 unspecified atom stereocenters. The van der Waals surface area contributed by atoms with Gasteiger partial charge in [-0.25, -0.2) is 4.39 Å². The smallest absolute Gasteiger partial charge is 0.258 e. The Morgan fingerprint density at radius 3 is 2.71 bits per heavy atom. The number of nitrogens with two attached hydrogens (primary N) is 1. The summed E-state index contributed by atoms with van der Waals surface area (Å²) in [5.74, 6) is 0.193. The lowest BCUT2D eigenvalue weighted by Gasteiger charge is -2.00. The van der Waals surface area contributed by atoms with Crippen LogP contribution in [0.4, 0.5) is 10.1 Å². The molecule has 0 saturated heterocycles. The molecule has 3 aromatic rings. The average Bonchev–Trinajstić information content (AvgIpc) is 2.91. The van der Waals surface area contributed by atoms with Gasteiger partial charge in [0, 0.05) is 11.8 Å². The maximum Gasteiger partial charge on any atom is 0.258 e. The van der Waals surface area contributed by atoms with Crippen LogP contribution in [0.25, 0.3) is 23.0 Å². The molecule has 0 fully saturated rings. The highest BCUT2D eigenvalue weighted by atomic mass is 19.1. The standard InChI is InChI=1S/C15H13FN4O/c1-8-5-9(2)13(18-7-8)14-19-15(21-20-14)10-3-4-11(16)12(17)6-10/h3-7H,17H2,1-2H3. The zero-order valence-electron chi connectivity index (χ0n) is 11.6. The minimum absolute atomic E-state index is 0.0388. The number of aryl methyl sites for hydroxylation is 2. The minimum atomic E-state index is -0.477. The second-order valence-corrected chi connectivity index (χ2v) is 4.84. The summed E-state index contributed by atoms with van der Waals surface area (Å²) in [6.45, 7) is 3.90. The molecule has 0 aliphatic heterocycles. The first-order chi connectivity index (χ1) is 10.0. The van der Waals surface area contributed by atoms with Crippen LogP contribution in [0.2, 0.25) is 0 Å². The fraction of sp³-hybridized carbons (Fsp3) is 0.133. The molecule has 0 spiro atoms. The SMILES string of the molecule is Cc1cnc(-c2noc(-c3ccc(F)c(N)c3)n2)c(C)c1. The molecule has 1 aromatic carbocycles. The van der Waals surface area contributed by atoms with E-state index in [2.05, 4.69) is 15.1 Å². The fourth-order valence-corrected chi connectivity index (χ4v) is 2.06. The molecule has 3 rings (SSSR count). The van der Waals surface area contributed by atoms with Crippen LogP contribution in [0.1, 0.15) is 11.1 Å². The van der Waals surface area contributed by atoms with Gasteiger partial charge in [-0.05, 0) is 43.2 Å². The van der Waals surface area contributed by atoms with Gasteiger partial charge >= 0.3 is 0 Å². The molecule has 0 aliphatic rings. The van der Waals surface area contributed by atoms with Crippen LogP contribution in [-0.4, -0.2) is 15.1 Å². The predicted molar refractivity (Wildman–Crippen MR) is 76.8 cm³/mol. The lowest BCUT2D eigenvalue weighted by molar-refractivity contribution is 0.432. The number of halogens is 1. The maximum atomic E-state index is 13.2. The predicted octanol–water partition coefficient (Wildman–Crippen LogP) is 3.14. The lowest BCUT2D eigenvalue weighted by atomic mass is 10.1. The maximum absolute atomic E-state index is 13.2. The van der Waals surface area contributed by atoms with Crippen LogP contribution in [0, 0.1) is 19.7 Å². The van der Waals surface area contributed by atoms with E-state index >= 15 is 0 Å². The van der Waals surface area contributed by atoms with E-state index in [9.17, 15) is 4.39 Å². The van der Waals surface area contributed by atoms with E-state index in [-0.39, 0.29) is 11.6 Å². The fourth-order valence-electron chi connectivity index (χ4n) is 2.06. The van der Waals surface area contributed by atoms with Crippen molar-refractivity contribution in [2.24, 2.45) is 0 Å². The molecular formula is C15H13FN4O. The van der Waals surface area contributed by atoms with Crippen LogP contribution in [0.5, 0.6) is 0 Å². The van der Waals surface area contributed by atoms with Gasteiger partial charge in [-0.15, -0.1) is 0 Å². The zero-order valence-corrected chi connectivity index (χ0v) is 11.6. The van der Waals surface area contributed by atoms with Gasteiger partial charge in [0.1, 0.15) is 11.5 Å². The summed E-state index contributed by atoms with van der Waals surface area (Å²) in [7, 11) is 0. The number of aromatic nitrogens is 3. The molecule has 6 heteroatoms.